The van der Waals surface area contributed by atoms with Crippen molar-refractivity contribution in [1.29, 1.82) is 10.5 Å². The van der Waals surface area contributed by atoms with Crippen LogP contribution in [-0.4, -0.2) is 23.7 Å². The van der Waals surface area contributed by atoms with Crippen molar-refractivity contribution in [3.05, 3.63) is 282 Å². The molecular weight excluding hydrogens is 991 g/mol. The molecule has 6 heterocycles. The minimum absolute atomic E-state index is 0.604. The van der Waals surface area contributed by atoms with E-state index >= 15 is 0 Å². The molecule has 10 aromatic carbocycles. The predicted octanol–water partition coefficient (Wildman–Crippen LogP) is 17.3. The molecule has 0 radical (unpaired) electrons. The number of nitriles is 2. The first kappa shape index (κ1) is 44.8. The molecule has 5 aromatic heterocycles. The van der Waals surface area contributed by atoms with Gasteiger partial charge in [-0.3, -0.25) is 9.97 Å². The van der Waals surface area contributed by atoms with Crippen molar-refractivity contribution in [3.63, 3.8) is 0 Å². The first-order valence-corrected chi connectivity index (χ1v) is 27.1. The van der Waals surface area contributed by atoms with E-state index in [2.05, 4.69) is 220 Å². The van der Waals surface area contributed by atoms with E-state index in [9.17, 15) is 10.5 Å². The van der Waals surface area contributed by atoms with Gasteiger partial charge in [0.15, 0.2) is 0 Å². The molecule has 0 unspecified atom stereocenters. The van der Waals surface area contributed by atoms with Crippen LogP contribution in [0.25, 0.3) is 116 Å². The summed E-state index contributed by atoms with van der Waals surface area (Å²) in [5.41, 5.74) is 19.7. The van der Waals surface area contributed by atoms with Gasteiger partial charge in [0.2, 0.25) is 0 Å². The van der Waals surface area contributed by atoms with Gasteiger partial charge in [-0.2, -0.15) is 10.5 Å². The van der Waals surface area contributed by atoms with Crippen LogP contribution in [-0.2, 0) is 5.41 Å². The predicted molar refractivity (Wildman–Crippen MR) is 323 cm³/mol. The van der Waals surface area contributed by atoms with Crippen molar-refractivity contribution in [2.75, 3.05) is 0 Å². The first-order valence-electron chi connectivity index (χ1n) is 27.1. The Balaban J connectivity index is 0.833. The Morgan fingerprint density at radius 1 is 0.346 bits per heavy atom. The van der Waals surface area contributed by atoms with Crippen LogP contribution in [0.5, 0.6) is 11.5 Å². The molecule has 1 spiro atoms. The fourth-order valence-electron chi connectivity index (χ4n) is 13.7. The lowest BCUT2D eigenvalue weighted by Crippen LogP contribution is -2.32. The molecule has 8 nitrogen and oxygen atoms in total. The molecule has 15 aromatic rings. The van der Waals surface area contributed by atoms with Crippen LogP contribution in [0.2, 0.25) is 0 Å². The molecule has 1 aliphatic heterocycles. The molecular formula is C73H41N7O. The number of fused-ring (bicyclic) bond motifs is 18. The Morgan fingerprint density at radius 2 is 0.802 bits per heavy atom. The van der Waals surface area contributed by atoms with E-state index in [-0.39, 0.29) is 0 Å². The minimum atomic E-state index is -0.857. The summed E-state index contributed by atoms with van der Waals surface area (Å²) >= 11 is 0. The monoisotopic (exact) mass is 1030 g/mol. The number of rotatable bonds is 5. The topological polar surface area (TPSA) is 97.4 Å². The molecule has 81 heavy (non-hydrogen) atoms. The van der Waals surface area contributed by atoms with E-state index < -0.39 is 5.41 Å². The molecule has 2 aliphatic rings. The number of nitrogens with zero attached hydrogens (tertiary/aromatic N) is 7. The Morgan fingerprint density at radius 3 is 1.38 bits per heavy atom. The molecule has 0 atom stereocenters. The van der Waals surface area contributed by atoms with Crippen LogP contribution >= 0.6 is 0 Å². The number of aromatic nitrogens is 5. The van der Waals surface area contributed by atoms with Crippen molar-refractivity contribution in [2.45, 2.75) is 5.41 Å². The number of ether oxygens (including phenoxy) is 1. The van der Waals surface area contributed by atoms with Crippen LogP contribution in [0.3, 0.4) is 0 Å². The standard InChI is InChI=1S/C73H41N7O/c74-42-44-22-31-66-55(37-44)57-39-46(23-32-67(57)80(66)51-28-26-50(27-29-51)79-63-19-6-4-13-53(63)54-14-5-7-20-64(54)79)47-25-34-69-62(41-47)73(59-17-9-35-76-70(59)71-60(73)18-10-36-77-71)61-16-8-15-52(72(61)81-69)48-24-33-68-58(40-48)56-38-45(43-75)21-30-65(56)78(68)49-11-2-1-3-12-49/h1-41H. The van der Waals surface area contributed by atoms with Gasteiger partial charge in [0.25, 0.3) is 0 Å². The second-order valence-electron chi connectivity index (χ2n) is 21.1. The minimum Gasteiger partial charge on any atom is -0.456 e. The Labute approximate surface area is 464 Å². The smallest absolute Gasteiger partial charge is 0.140 e. The molecule has 0 saturated carbocycles. The summed E-state index contributed by atoms with van der Waals surface area (Å²) in [6.45, 7) is 0. The van der Waals surface area contributed by atoms with E-state index in [1.165, 1.54) is 21.8 Å². The largest absolute Gasteiger partial charge is 0.456 e. The van der Waals surface area contributed by atoms with Crippen LogP contribution in [0.15, 0.2) is 249 Å². The van der Waals surface area contributed by atoms with Gasteiger partial charge in [-0.15, -0.1) is 0 Å². The van der Waals surface area contributed by atoms with Crippen molar-refractivity contribution in [1.82, 2.24) is 23.7 Å². The molecule has 8 heteroatoms. The third-order valence-electron chi connectivity index (χ3n) is 17.1. The molecule has 17 rings (SSSR count). The maximum absolute atomic E-state index is 10.2. The highest BCUT2D eigenvalue weighted by Gasteiger charge is 2.53. The second kappa shape index (κ2) is 16.8. The third-order valence-corrected chi connectivity index (χ3v) is 17.1. The molecule has 0 fully saturated rings. The lowest BCUT2D eigenvalue weighted by atomic mass is 9.65. The summed E-state index contributed by atoms with van der Waals surface area (Å²) in [5.74, 6) is 1.50. The summed E-state index contributed by atoms with van der Waals surface area (Å²) in [4.78, 5) is 10.1. The van der Waals surface area contributed by atoms with Crippen molar-refractivity contribution in [2.24, 2.45) is 0 Å². The van der Waals surface area contributed by atoms with E-state index in [1.807, 2.05) is 54.9 Å². The zero-order chi connectivity index (χ0) is 53.5. The molecule has 1 aliphatic carbocycles. The van der Waals surface area contributed by atoms with Crippen LogP contribution < -0.4 is 4.74 Å². The lowest BCUT2D eigenvalue weighted by Gasteiger charge is -2.40. The zero-order valence-corrected chi connectivity index (χ0v) is 43.2. The van der Waals surface area contributed by atoms with Crippen molar-refractivity contribution >= 4 is 65.4 Å². The van der Waals surface area contributed by atoms with Gasteiger partial charge >= 0.3 is 0 Å². The number of benzene rings is 10. The lowest BCUT2D eigenvalue weighted by molar-refractivity contribution is 0.438. The van der Waals surface area contributed by atoms with Gasteiger partial charge < -0.3 is 18.4 Å². The Bertz CT molecular complexity index is 5200. The SMILES string of the molecule is N#Cc1ccc2c(c1)c1cc(-c3ccc4c(c3)C3(c5cccnc5-c5ncccc53)c3cccc(-c5ccc6c(c5)c5cc(C#N)ccc5n6-c5ccccc5)c3O4)ccc1n2-c1ccc(-n2c3ccccc3c3ccccc32)cc1. The van der Waals surface area contributed by atoms with E-state index in [0.29, 0.717) is 11.1 Å². The van der Waals surface area contributed by atoms with E-state index in [1.54, 1.807) is 0 Å². The molecule has 0 amide bonds. The molecule has 0 saturated heterocycles. The average molecular weight is 1030 g/mol. The molecule has 0 bridgehead atoms. The third kappa shape index (κ3) is 6.21. The van der Waals surface area contributed by atoms with Gasteiger partial charge in [-0.1, -0.05) is 103 Å². The summed E-state index contributed by atoms with van der Waals surface area (Å²) in [5, 5.41) is 26.9. The van der Waals surface area contributed by atoms with E-state index in [4.69, 9.17) is 14.7 Å². The highest BCUT2D eigenvalue weighted by atomic mass is 16.5. The highest BCUT2D eigenvalue weighted by molar-refractivity contribution is 6.13. The maximum atomic E-state index is 10.2. The summed E-state index contributed by atoms with van der Waals surface area (Å²) in [6, 6.07) is 87.9. The fourth-order valence-corrected chi connectivity index (χ4v) is 13.7. The highest BCUT2D eigenvalue weighted by Crippen LogP contribution is 2.63. The van der Waals surface area contributed by atoms with Gasteiger partial charge in [0, 0.05) is 78.5 Å². The second-order valence-corrected chi connectivity index (χ2v) is 21.1. The normalized spacial score (nSPS) is 12.9. The fraction of sp³-hybridized carbons (Fsp3) is 0.0137. The van der Waals surface area contributed by atoms with Crippen molar-refractivity contribution < 1.29 is 4.74 Å². The Hall–Kier alpha value is -11.3. The van der Waals surface area contributed by atoms with Gasteiger partial charge in [-0.25, -0.2) is 0 Å². The maximum Gasteiger partial charge on any atom is 0.140 e. The number of para-hydroxylation sites is 4. The average Bonchev–Trinajstić information content (AvgIpc) is 3.34. The quantitative estimate of drug-likeness (QED) is 0.171. The number of hydrogen-bond acceptors (Lipinski definition) is 5. The number of pyridine rings is 2. The molecule has 0 N–H and O–H groups in total. The summed E-state index contributed by atoms with van der Waals surface area (Å²) in [6.07, 6.45) is 3.71. The zero-order valence-electron chi connectivity index (χ0n) is 43.2. The number of hydrogen-bond donors (Lipinski definition) is 0. The van der Waals surface area contributed by atoms with Crippen LogP contribution in [0.1, 0.15) is 33.4 Å². The van der Waals surface area contributed by atoms with Gasteiger partial charge in [0.1, 0.15) is 11.5 Å². The summed E-state index contributed by atoms with van der Waals surface area (Å²) < 4.78 is 14.3. The van der Waals surface area contributed by atoms with Crippen LogP contribution in [0.4, 0.5) is 0 Å². The Kier molecular flexibility index (Phi) is 9.31. The van der Waals surface area contributed by atoms with Gasteiger partial charge in [0.05, 0.1) is 73.2 Å². The molecule has 374 valence electrons. The van der Waals surface area contributed by atoms with Crippen LogP contribution in [0, 0.1) is 22.7 Å². The van der Waals surface area contributed by atoms with E-state index in [0.717, 1.165) is 128 Å². The first-order chi connectivity index (χ1) is 40.1. The van der Waals surface area contributed by atoms with Gasteiger partial charge in [-0.05, 0) is 161 Å². The van der Waals surface area contributed by atoms with Crippen molar-refractivity contribution in [3.8, 4) is 74.3 Å². The summed E-state index contributed by atoms with van der Waals surface area (Å²) in [7, 11) is 0.